The summed E-state index contributed by atoms with van der Waals surface area (Å²) < 4.78 is 5.32. The first-order valence-electron chi connectivity index (χ1n) is 8.01. The number of hydrogen-bond acceptors (Lipinski definition) is 5. The summed E-state index contributed by atoms with van der Waals surface area (Å²) in [4.78, 5) is 7.67. The molecule has 2 heterocycles. The van der Waals surface area contributed by atoms with Crippen LogP contribution >= 0.6 is 0 Å². The highest BCUT2D eigenvalue weighted by Gasteiger charge is 2.20. The number of nitrogens with one attached hydrogen (secondary N) is 1. The summed E-state index contributed by atoms with van der Waals surface area (Å²) in [6, 6.07) is 18.9. The highest BCUT2D eigenvalue weighted by atomic mass is 16.5. The van der Waals surface area contributed by atoms with Crippen molar-refractivity contribution in [3.05, 3.63) is 72.1 Å². The normalized spacial score (nSPS) is 10.6. The van der Waals surface area contributed by atoms with E-state index in [9.17, 15) is 5.11 Å². The minimum Gasteiger partial charge on any atom is -0.388 e. The fourth-order valence-corrected chi connectivity index (χ4v) is 2.80. The molecule has 6 nitrogen and oxygen atoms in total. The van der Waals surface area contributed by atoms with E-state index in [0.717, 1.165) is 11.1 Å². The predicted molar refractivity (Wildman–Crippen MR) is 95.6 cm³/mol. The Labute approximate surface area is 149 Å². The first-order chi connectivity index (χ1) is 12.8. The van der Waals surface area contributed by atoms with Gasteiger partial charge in [-0.15, -0.1) is 0 Å². The average molecular weight is 342 g/mol. The number of aliphatic hydroxyl groups is 1. The van der Waals surface area contributed by atoms with E-state index in [1.165, 1.54) is 0 Å². The second kappa shape index (κ2) is 6.67. The van der Waals surface area contributed by atoms with Crippen molar-refractivity contribution in [2.24, 2.45) is 0 Å². The van der Waals surface area contributed by atoms with Gasteiger partial charge in [-0.2, -0.15) is 5.26 Å². The predicted octanol–water partition coefficient (Wildman–Crippen LogP) is 3.76. The molecule has 0 saturated carbocycles. The van der Waals surface area contributed by atoms with Gasteiger partial charge in [-0.25, -0.2) is 4.98 Å². The van der Waals surface area contributed by atoms with Crippen LogP contribution in [0.4, 0.5) is 0 Å². The quantitative estimate of drug-likeness (QED) is 0.588. The standard InChI is InChI=1S/C20H14N4O2/c21-10-13-6-8-15(9-7-13)20-22-11-16(23-20)18-17(12-25)26-24-19(18)14-4-2-1-3-5-14/h1-9,11,25H,12H2,(H,22,23). The van der Waals surface area contributed by atoms with Crippen molar-refractivity contribution in [3.8, 4) is 40.0 Å². The molecule has 4 aromatic rings. The molecule has 0 atom stereocenters. The van der Waals surface area contributed by atoms with Crippen molar-refractivity contribution in [3.63, 3.8) is 0 Å². The Balaban J connectivity index is 1.78. The van der Waals surface area contributed by atoms with E-state index in [0.29, 0.717) is 34.1 Å². The molecule has 0 fully saturated rings. The summed E-state index contributed by atoms with van der Waals surface area (Å²) in [5, 5.41) is 22.7. The number of hydrogen-bond donors (Lipinski definition) is 2. The second-order valence-electron chi connectivity index (χ2n) is 5.69. The molecule has 0 spiro atoms. The summed E-state index contributed by atoms with van der Waals surface area (Å²) >= 11 is 0. The van der Waals surface area contributed by atoms with Gasteiger partial charge >= 0.3 is 0 Å². The van der Waals surface area contributed by atoms with Crippen molar-refractivity contribution in [1.29, 1.82) is 5.26 Å². The minimum atomic E-state index is -0.264. The van der Waals surface area contributed by atoms with Crippen LogP contribution in [-0.2, 0) is 6.61 Å². The molecule has 0 aliphatic carbocycles. The molecule has 0 amide bonds. The Hall–Kier alpha value is -3.69. The lowest BCUT2D eigenvalue weighted by atomic mass is 10.0. The van der Waals surface area contributed by atoms with Gasteiger partial charge in [0, 0.05) is 11.1 Å². The number of aromatic nitrogens is 3. The van der Waals surface area contributed by atoms with Crippen LogP contribution in [0, 0.1) is 11.3 Å². The van der Waals surface area contributed by atoms with E-state index in [2.05, 4.69) is 21.2 Å². The van der Waals surface area contributed by atoms with Gasteiger partial charge in [-0.05, 0) is 24.3 Å². The molecule has 0 aliphatic heterocycles. The Morgan fingerprint density at radius 1 is 1.04 bits per heavy atom. The first kappa shape index (κ1) is 15.8. The highest BCUT2D eigenvalue weighted by molar-refractivity contribution is 5.80. The smallest absolute Gasteiger partial charge is 0.172 e. The zero-order valence-electron chi connectivity index (χ0n) is 13.7. The number of benzene rings is 2. The number of aromatic amines is 1. The van der Waals surface area contributed by atoms with Crippen LogP contribution in [0.5, 0.6) is 0 Å². The fourth-order valence-electron chi connectivity index (χ4n) is 2.80. The molecular formula is C20H14N4O2. The number of aliphatic hydroxyl groups excluding tert-OH is 1. The number of H-pyrrole nitrogens is 1. The molecule has 6 heteroatoms. The molecule has 0 aliphatic rings. The summed E-state index contributed by atoms with van der Waals surface area (Å²) in [5.74, 6) is 1.03. The van der Waals surface area contributed by atoms with Crippen LogP contribution in [0.1, 0.15) is 11.3 Å². The summed E-state index contributed by atoms with van der Waals surface area (Å²) in [5.41, 5.74) is 4.37. The third-order valence-electron chi connectivity index (χ3n) is 4.09. The van der Waals surface area contributed by atoms with Crippen LogP contribution in [0.3, 0.4) is 0 Å². The van der Waals surface area contributed by atoms with Crippen molar-refractivity contribution in [1.82, 2.24) is 15.1 Å². The van der Waals surface area contributed by atoms with Crippen molar-refractivity contribution in [2.75, 3.05) is 0 Å². The Kier molecular flexibility index (Phi) is 4.06. The minimum absolute atomic E-state index is 0.264. The first-order valence-corrected chi connectivity index (χ1v) is 8.01. The molecule has 2 aromatic heterocycles. The number of imidazole rings is 1. The van der Waals surface area contributed by atoms with Gasteiger partial charge in [-0.3, -0.25) is 0 Å². The fraction of sp³-hybridized carbons (Fsp3) is 0.0500. The van der Waals surface area contributed by atoms with E-state index in [1.807, 2.05) is 42.5 Å². The lowest BCUT2D eigenvalue weighted by Crippen LogP contribution is -1.88. The molecule has 126 valence electrons. The highest BCUT2D eigenvalue weighted by Crippen LogP contribution is 2.34. The number of nitriles is 1. The van der Waals surface area contributed by atoms with Gasteiger partial charge in [0.2, 0.25) is 0 Å². The maximum absolute atomic E-state index is 9.62. The Morgan fingerprint density at radius 3 is 2.50 bits per heavy atom. The van der Waals surface area contributed by atoms with Gasteiger partial charge < -0.3 is 14.6 Å². The Morgan fingerprint density at radius 2 is 1.81 bits per heavy atom. The van der Waals surface area contributed by atoms with E-state index in [1.54, 1.807) is 18.3 Å². The largest absolute Gasteiger partial charge is 0.388 e. The monoisotopic (exact) mass is 342 g/mol. The van der Waals surface area contributed by atoms with Crippen LogP contribution < -0.4 is 0 Å². The molecule has 0 radical (unpaired) electrons. The summed E-state index contributed by atoms with van der Waals surface area (Å²) in [6.07, 6.45) is 1.69. The van der Waals surface area contributed by atoms with E-state index < -0.39 is 0 Å². The third kappa shape index (κ3) is 2.77. The van der Waals surface area contributed by atoms with Gasteiger partial charge in [0.1, 0.15) is 18.1 Å². The SMILES string of the molecule is N#Cc1ccc(-c2ncc(-c3c(-c4ccccc4)noc3CO)[nH]2)cc1. The summed E-state index contributed by atoms with van der Waals surface area (Å²) in [6.45, 7) is -0.264. The van der Waals surface area contributed by atoms with E-state index in [4.69, 9.17) is 9.78 Å². The topological polar surface area (TPSA) is 98.7 Å². The number of nitrogens with zero attached hydrogens (tertiary/aromatic N) is 3. The lowest BCUT2D eigenvalue weighted by Gasteiger charge is -2.01. The molecule has 4 rings (SSSR count). The van der Waals surface area contributed by atoms with Crippen LogP contribution in [0.15, 0.2) is 65.3 Å². The maximum Gasteiger partial charge on any atom is 0.172 e. The van der Waals surface area contributed by atoms with E-state index in [-0.39, 0.29) is 6.61 Å². The van der Waals surface area contributed by atoms with Crippen LogP contribution in [-0.4, -0.2) is 20.2 Å². The molecule has 26 heavy (non-hydrogen) atoms. The van der Waals surface area contributed by atoms with Crippen molar-refractivity contribution < 1.29 is 9.63 Å². The zero-order valence-corrected chi connectivity index (χ0v) is 13.7. The van der Waals surface area contributed by atoms with Gasteiger partial charge in [0.05, 0.1) is 29.1 Å². The molecule has 0 saturated heterocycles. The molecule has 2 aromatic carbocycles. The summed E-state index contributed by atoms with van der Waals surface area (Å²) in [7, 11) is 0. The Bertz CT molecular complexity index is 1070. The second-order valence-corrected chi connectivity index (χ2v) is 5.69. The third-order valence-corrected chi connectivity index (χ3v) is 4.09. The average Bonchev–Trinajstić information content (AvgIpc) is 3.35. The molecule has 0 bridgehead atoms. The van der Waals surface area contributed by atoms with E-state index >= 15 is 0 Å². The van der Waals surface area contributed by atoms with Crippen molar-refractivity contribution >= 4 is 0 Å². The van der Waals surface area contributed by atoms with Gasteiger partial charge in [0.15, 0.2) is 5.76 Å². The molecular weight excluding hydrogens is 328 g/mol. The number of rotatable bonds is 4. The van der Waals surface area contributed by atoms with Crippen molar-refractivity contribution in [2.45, 2.75) is 6.61 Å². The molecule has 0 unspecified atom stereocenters. The maximum atomic E-state index is 9.62. The van der Waals surface area contributed by atoms with Crippen LogP contribution in [0.2, 0.25) is 0 Å². The lowest BCUT2D eigenvalue weighted by molar-refractivity contribution is 0.230. The van der Waals surface area contributed by atoms with Gasteiger partial charge in [0.25, 0.3) is 0 Å². The zero-order chi connectivity index (χ0) is 17.9. The van der Waals surface area contributed by atoms with Crippen LogP contribution in [0.25, 0.3) is 33.9 Å². The molecule has 2 N–H and O–H groups in total. The van der Waals surface area contributed by atoms with Gasteiger partial charge in [-0.1, -0.05) is 35.5 Å².